The first-order chi connectivity index (χ1) is 3.21. The zero-order valence-electron chi connectivity index (χ0n) is 4.99. The van der Waals surface area contributed by atoms with Crippen molar-refractivity contribution in [3.8, 4) is 0 Å². The molecular weight excluding hydrogens is 86.1 g/mol. The molecule has 1 heteroatoms. The molecule has 0 spiro atoms. The first-order valence-electron chi connectivity index (χ1n) is 2.76. The highest BCUT2D eigenvalue weighted by atomic mass is 14.9. The Morgan fingerprint density at radius 1 is 1.57 bits per heavy atom. The van der Waals surface area contributed by atoms with Gasteiger partial charge in [-0.1, -0.05) is 13.8 Å². The van der Waals surface area contributed by atoms with E-state index in [9.17, 15) is 0 Å². The Bertz CT molecular complexity index is 58.6. The normalized spacial score (nSPS) is 28.3. The van der Waals surface area contributed by atoms with Crippen LogP contribution in [-0.4, -0.2) is 13.1 Å². The number of nitrogens with one attached hydrogen (secondary N) is 1. The average molecular weight is 98.2 g/mol. The monoisotopic (exact) mass is 98.1 g/mol. The van der Waals surface area contributed by atoms with Crippen LogP contribution in [-0.2, 0) is 0 Å². The molecule has 0 unspecified atom stereocenters. The van der Waals surface area contributed by atoms with Crippen LogP contribution >= 0.6 is 0 Å². The summed E-state index contributed by atoms with van der Waals surface area (Å²) in [5.74, 6) is 0. The number of rotatable bonds is 0. The number of hydrogen-bond acceptors (Lipinski definition) is 1. The maximum absolute atomic E-state index is 3.26. The minimum Gasteiger partial charge on any atom is -0.316 e. The lowest BCUT2D eigenvalue weighted by atomic mass is 9.93. The number of hydrogen-bond donors (Lipinski definition) is 1. The Hall–Kier alpha value is -0.0400. The fraction of sp³-hybridized carbons (Fsp3) is 0.833. The minimum atomic E-state index is 0.458. The molecule has 0 amide bonds. The molecule has 41 valence electrons. The van der Waals surface area contributed by atoms with Gasteiger partial charge in [0.25, 0.3) is 0 Å². The molecular formula is C6H12N. The largest absolute Gasteiger partial charge is 0.316 e. The van der Waals surface area contributed by atoms with Crippen LogP contribution in [0.2, 0.25) is 0 Å². The predicted octanol–water partition coefficient (Wildman–Crippen LogP) is 0.820. The average Bonchev–Trinajstić information content (AvgIpc) is 1.84. The molecule has 1 saturated heterocycles. The molecule has 1 aliphatic heterocycles. The fourth-order valence-electron chi connectivity index (χ4n) is 0.815. The van der Waals surface area contributed by atoms with E-state index in [1.807, 2.05) is 0 Å². The van der Waals surface area contributed by atoms with E-state index in [2.05, 4.69) is 25.6 Å². The van der Waals surface area contributed by atoms with Gasteiger partial charge in [0.1, 0.15) is 0 Å². The molecule has 1 aliphatic rings. The van der Waals surface area contributed by atoms with Gasteiger partial charge in [-0.25, -0.2) is 0 Å². The van der Waals surface area contributed by atoms with Crippen molar-refractivity contribution in [2.45, 2.75) is 13.8 Å². The molecule has 1 N–H and O–H groups in total. The molecule has 1 radical (unpaired) electrons. The molecule has 0 bridgehead atoms. The van der Waals surface area contributed by atoms with Crippen molar-refractivity contribution in [2.24, 2.45) is 5.41 Å². The molecule has 1 rings (SSSR count). The van der Waals surface area contributed by atoms with Gasteiger partial charge in [-0.2, -0.15) is 0 Å². The first kappa shape index (κ1) is 5.10. The molecule has 0 aromatic rings. The van der Waals surface area contributed by atoms with E-state index in [0.29, 0.717) is 5.41 Å². The van der Waals surface area contributed by atoms with E-state index >= 15 is 0 Å². The van der Waals surface area contributed by atoms with Gasteiger partial charge < -0.3 is 5.32 Å². The van der Waals surface area contributed by atoms with E-state index in [4.69, 9.17) is 0 Å². The summed E-state index contributed by atoms with van der Waals surface area (Å²) >= 11 is 0. The summed E-state index contributed by atoms with van der Waals surface area (Å²) in [4.78, 5) is 0. The molecule has 0 aliphatic carbocycles. The van der Waals surface area contributed by atoms with Crippen LogP contribution in [0.4, 0.5) is 0 Å². The van der Waals surface area contributed by atoms with Crippen molar-refractivity contribution in [3.63, 3.8) is 0 Å². The van der Waals surface area contributed by atoms with Gasteiger partial charge in [-0.15, -0.1) is 0 Å². The van der Waals surface area contributed by atoms with Gasteiger partial charge in [-0.3, -0.25) is 0 Å². The molecule has 0 aromatic heterocycles. The van der Waals surface area contributed by atoms with Crippen molar-refractivity contribution in [1.82, 2.24) is 5.32 Å². The van der Waals surface area contributed by atoms with Crippen LogP contribution < -0.4 is 5.32 Å². The van der Waals surface area contributed by atoms with Crippen molar-refractivity contribution in [1.29, 1.82) is 0 Å². The van der Waals surface area contributed by atoms with Crippen molar-refractivity contribution in [2.75, 3.05) is 13.1 Å². The first-order valence-corrected chi connectivity index (χ1v) is 2.76. The van der Waals surface area contributed by atoms with Gasteiger partial charge in [0.15, 0.2) is 0 Å². The van der Waals surface area contributed by atoms with Gasteiger partial charge >= 0.3 is 0 Å². The lowest BCUT2D eigenvalue weighted by Gasteiger charge is -2.12. The third-order valence-electron chi connectivity index (χ3n) is 1.38. The van der Waals surface area contributed by atoms with E-state index < -0.39 is 0 Å². The van der Waals surface area contributed by atoms with Crippen LogP contribution in [0, 0.1) is 11.8 Å². The second-order valence-corrected chi connectivity index (χ2v) is 2.82. The van der Waals surface area contributed by atoms with Crippen molar-refractivity contribution < 1.29 is 0 Å². The Kier molecular flexibility index (Phi) is 1.08. The van der Waals surface area contributed by atoms with Gasteiger partial charge in [0, 0.05) is 6.54 Å². The topological polar surface area (TPSA) is 12.0 Å². The molecule has 1 nitrogen and oxygen atoms in total. The molecule has 7 heavy (non-hydrogen) atoms. The summed E-state index contributed by atoms with van der Waals surface area (Å²) in [5, 5.41) is 3.26. The Morgan fingerprint density at radius 3 is 2.43 bits per heavy atom. The van der Waals surface area contributed by atoms with E-state index in [1.54, 1.807) is 0 Å². The van der Waals surface area contributed by atoms with Crippen LogP contribution in [0.1, 0.15) is 13.8 Å². The second kappa shape index (κ2) is 1.48. The Morgan fingerprint density at radius 2 is 2.29 bits per heavy atom. The Balaban J connectivity index is 2.40. The quantitative estimate of drug-likeness (QED) is 0.473. The highest BCUT2D eigenvalue weighted by Crippen LogP contribution is 2.20. The minimum absolute atomic E-state index is 0.458. The SMILES string of the molecule is CC1(C)[CH]CNC1. The van der Waals surface area contributed by atoms with Crippen LogP contribution in [0.3, 0.4) is 0 Å². The van der Waals surface area contributed by atoms with Crippen molar-refractivity contribution in [3.05, 3.63) is 6.42 Å². The molecule has 0 aromatic carbocycles. The molecule has 1 heterocycles. The highest BCUT2D eigenvalue weighted by Gasteiger charge is 2.21. The maximum atomic E-state index is 3.26. The lowest BCUT2D eigenvalue weighted by molar-refractivity contribution is 0.485. The Labute approximate surface area is 45.1 Å². The summed E-state index contributed by atoms with van der Waals surface area (Å²) in [6.07, 6.45) is 2.31. The molecule has 1 fully saturated rings. The highest BCUT2D eigenvalue weighted by molar-refractivity contribution is 4.94. The lowest BCUT2D eigenvalue weighted by Crippen LogP contribution is -2.15. The third-order valence-corrected chi connectivity index (χ3v) is 1.38. The van der Waals surface area contributed by atoms with Crippen LogP contribution in [0.25, 0.3) is 0 Å². The zero-order chi connectivity index (χ0) is 5.33. The van der Waals surface area contributed by atoms with Crippen LogP contribution in [0.5, 0.6) is 0 Å². The third kappa shape index (κ3) is 1.16. The van der Waals surface area contributed by atoms with Crippen LogP contribution in [0.15, 0.2) is 0 Å². The predicted molar refractivity (Wildman–Crippen MR) is 31.0 cm³/mol. The zero-order valence-corrected chi connectivity index (χ0v) is 4.99. The smallest absolute Gasteiger partial charge is 0.000588 e. The summed E-state index contributed by atoms with van der Waals surface area (Å²) in [6.45, 7) is 6.72. The molecule has 0 atom stereocenters. The summed E-state index contributed by atoms with van der Waals surface area (Å²) in [5.41, 5.74) is 0.458. The standard InChI is InChI=1S/C6H12N/c1-6(2)3-4-7-5-6/h3,7H,4-5H2,1-2H3. The van der Waals surface area contributed by atoms with E-state index in [-0.39, 0.29) is 0 Å². The summed E-state index contributed by atoms with van der Waals surface area (Å²) < 4.78 is 0. The second-order valence-electron chi connectivity index (χ2n) is 2.82. The van der Waals surface area contributed by atoms with Gasteiger partial charge in [-0.05, 0) is 18.4 Å². The van der Waals surface area contributed by atoms with E-state index in [1.165, 1.54) is 0 Å². The van der Waals surface area contributed by atoms with Gasteiger partial charge in [0.2, 0.25) is 0 Å². The van der Waals surface area contributed by atoms with Gasteiger partial charge in [0.05, 0.1) is 0 Å². The fourth-order valence-corrected chi connectivity index (χ4v) is 0.815. The molecule has 0 saturated carbocycles. The van der Waals surface area contributed by atoms with Crippen molar-refractivity contribution >= 4 is 0 Å². The summed E-state index contributed by atoms with van der Waals surface area (Å²) in [7, 11) is 0. The maximum Gasteiger partial charge on any atom is 0.000588 e. The summed E-state index contributed by atoms with van der Waals surface area (Å²) in [6, 6.07) is 0. The van der Waals surface area contributed by atoms with E-state index in [0.717, 1.165) is 13.1 Å².